The lowest BCUT2D eigenvalue weighted by Gasteiger charge is -2.21. The van der Waals surface area contributed by atoms with Gasteiger partial charge in [-0.15, -0.1) is 11.8 Å². The molecule has 1 saturated heterocycles. The van der Waals surface area contributed by atoms with Gasteiger partial charge in [-0.2, -0.15) is 0 Å². The molecular weight excluding hydrogens is 274 g/mol. The number of hydrogen-bond acceptors (Lipinski definition) is 5. The molecule has 2 rings (SSSR count). The van der Waals surface area contributed by atoms with E-state index in [1.165, 1.54) is 0 Å². The average Bonchev–Trinajstić information content (AvgIpc) is 2.52. The molecule has 1 aromatic rings. The molecule has 0 spiro atoms. The number of thioether (sulfide) groups is 1. The zero-order valence-corrected chi connectivity index (χ0v) is 12.5. The number of pyridine rings is 1. The molecule has 20 heavy (non-hydrogen) atoms. The van der Waals surface area contributed by atoms with E-state index >= 15 is 0 Å². The number of hydrogen-bond donors (Lipinski definition) is 2. The molecule has 6 heteroatoms. The number of nitrogens with zero attached hydrogens (tertiary/aromatic N) is 1. The second-order valence-electron chi connectivity index (χ2n) is 4.71. The molecule has 0 saturated carbocycles. The average molecular weight is 295 g/mol. The zero-order valence-electron chi connectivity index (χ0n) is 11.7. The normalized spacial score (nSPS) is 15.8. The van der Waals surface area contributed by atoms with Crippen molar-refractivity contribution >= 4 is 17.7 Å². The van der Waals surface area contributed by atoms with Crippen LogP contribution in [-0.2, 0) is 11.3 Å². The van der Waals surface area contributed by atoms with Crippen LogP contribution in [-0.4, -0.2) is 42.1 Å². The number of piperidine rings is 1. The Bertz CT molecular complexity index is 436. The van der Waals surface area contributed by atoms with Crippen molar-refractivity contribution in [2.45, 2.75) is 24.6 Å². The van der Waals surface area contributed by atoms with Crippen molar-refractivity contribution in [3.63, 3.8) is 0 Å². The van der Waals surface area contributed by atoms with E-state index in [1.807, 2.05) is 12.1 Å². The predicted octanol–water partition coefficient (Wildman–Crippen LogP) is 1.19. The topological polar surface area (TPSA) is 63.2 Å². The zero-order chi connectivity index (χ0) is 14.2. The maximum Gasteiger partial charge on any atom is 0.230 e. The van der Waals surface area contributed by atoms with Gasteiger partial charge in [-0.1, -0.05) is 6.07 Å². The van der Waals surface area contributed by atoms with Gasteiger partial charge in [0, 0.05) is 23.6 Å². The monoisotopic (exact) mass is 295 g/mol. The Morgan fingerprint density at radius 2 is 2.35 bits per heavy atom. The molecule has 2 heterocycles. The maximum atomic E-state index is 11.8. The molecule has 0 bridgehead atoms. The van der Waals surface area contributed by atoms with Gasteiger partial charge in [0.25, 0.3) is 0 Å². The van der Waals surface area contributed by atoms with Crippen molar-refractivity contribution in [3.8, 4) is 5.88 Å². The van der Waals surface area contributed by atoms with Crippen LogP contribution in [0.4, 0.5) is 0 Å². The number of aromatic nitrogens is 1. The molecule has 1 aliphatic rings. The Hall–Kier alpha value is -1.27. The Morgan fingerprint density at radius 1 is 1.55 bits per heavy atom. The third-order valence-electron chi connectivity index (χ3n) is 3.26. The quantitative estimate of drug-likeness (QED) is 0.825. The molecule has 1 fully saturated rings. The van der Waals surface area contributed by atoms with Gasteiger partial charge < -0.3 is 15.4 Å². The van der Waals surface area contributed by atoms with Crippen molar-refractivity contribution in [1.29, 1.82) is 0 Å². The van der Waals surface area contributed by atoms with Crippen LogP contribution in [0.5, 0.6) is 5.88 Å². The smallest absolute Gasteiger partial charge is 0.230 e. The van der Waals surface area contributed by atoms with Crippen LogP contribution in [0.1, 0.15) is 18.4 Å². The first kappa shape index (κ1) is 15.1. The van der Waals surface area contributed by atoms with Gasteiger partial charge in [0.1, 0.15) is 0 Å². The highest BCUT2D eigenvalue weighted by molar-refractivity contribution is 8.00. The molecule has 1 aromatic heterocycles. The number of methoxy groups -OCH3 is 1. The number of rotatable bonds is 6. The van der Waals surface area contributed by atoms with Gasteiger partial charge in [-0.25, -0.2) is 4.98 Å². The number of ether oxygens (including phenoxy) is 1. The van der Waals surface area contributed by atoms with E-state index in [9.17, 15) is 4.79 Å². The Balaban J connectivity index is 1.71. The first-order valence-electron chi connectivity index (χ1n) is 6.86. The van der Waals surface area contributed by atoms with Gasteiger partial charge >= 0.3 is 0 Å². The lowest BCUT2D eigenvalue weighted by molar-refractivity contribution is -0.118. The predicted molar refractivity (Wildman–Crippen MR) is 81.0 cm³/mol. The Kier molecular flexibility index (Phi) is 6.14. The highest BCUT2D eigenvalue weighted by atomic mass is 32.2. The van der Waals surface area contributed by atoms with Crippen LogP contribution in [0.25, 0.3) is 0 Å². The summed E-state index contributed by atoms with van der Waals surface area (Å²) in [7, 11) is 1.58. The fourth-order valence-electron chi connectivity index (χ4n) is 2.14. The van der Waals surface area contributed by atoms with E-state index in [2.05, 4.69) is 15.6 Å². The van der Waals surface area contributed by atoms with Gasteiger partial charge in [-0.05, 0) is 32.0 Å². The first-order chi connectivity index (χ1) is 9.79. The van der Waals surface area contributed by atoms with Gasteiger partial charge in [0.05, 0.1) is 12.9 Å². The Morgan fingerprint density at radius 3 is 3.10 bits per heavy atom. The molecule has 0 atom stereocenters. The van der Waals surface area contributed by atoms with Crippen molar-refractivity contribution in [2.24, 2.45) is 0 Å². The summed E-state index contributed by atoms with van der Waals surface area (Å²) in [6.45, 7) is 2.58. The standard InChI is InChI=1S/C14H21N3O2S/c1-19-14-11(3-2-6-16-14)9-17-13(18)10-20-12-4-7-15-8-5-12/h2-3,6,12,15H,4-5,7-10H2,1H3,(H,17,18). The number of carbonyl (C=O) groups excluding carboxylic acids is 1. The summed E-state index contributed by atoms with van der Waals surface area (Å²) in [5.74, 6) is 1.16. The largest absolute Gasteiger partial charge is 0.481 e. The molecule has 2 N–H and O–H groups in total. The van der Waals surface area contributed by atoms with E-state index in [0.717, 1.165) is 31.5 Å². The summed E-state index contributed by atoms with van der Waals surface area (Å²) < 4.78 is 5.16. The van der Waals surface area contributed by atoms with Gasteiger partial charge in [-0.3, -0.25) is 4.79 Å². The van der Waals surface area contributed by atoms with Crippen LogP contribution in [0, 0.1) is 0 Å². The Labute approximate surface area is 123 Å². The van der Waals surface area contributed by atoms with Crippen LogP contribution in [0.3, 0.4) is 0 Å². The van der Waals surface area contributed by atoms with Gasteiger partial charge in [0.2, 0.25) is 11.8 Å². The van der Waals surface area contributed by atoms with E-state index in [-0.39, 0.29) is 5.91 Å². The van der Waals surface area contributed by atoms with Crippen LogP contribution in [0.2, 0.25) is 0 Å². The second kappa shape index (κ2) is 8.11. The lowest BCUT2D eigenvalue weighted by atomic mass is 10.2. The maximum absolute atomic E-state index is 11.8. The second-order valence-corrected chi connectivity index (χ2v) is 6.00. The summed E-state index contributed by atoms with van der Waals surface area (Å²) in [5.41, 5.74) is 0.898. The fourth-order valence-corrected chi connectivity index (χ4v) is 3.20. The lowest BCUT2D eigenvalue weighted by Crippen LogP contribution is -2.31. The minimum atomic E-state index is 0.0689. The third kappa shape index (κ3) is 4.68. The molecule has 0 aromatic carbocycles. The van der Waals surface area contributed by atoms with Crippen LogP contribution in [0.15, 0.2) is 18.3 Å². The third-order valence-corrected chi connectivity index (χ3v) is 4.63. The van der Waals surface area contributed by atoms with Crippen LogP contribution >= 0.6 is 11.8 Å². The molecule has 0 aliphatic carbocycles. The molecule has 1 aliphatic heterocycles. The summed E-state index contributed by atoms with van der Waals surface area (Å²) in [4.78, 5) is 16.0. The van der Waals surface area contributed by atoms with E-state index in [0.29, 0.717) is 23.4 Å². The van der Waals surface area contributed by atoms with Gasteiger partial charge in [0.15, 0.2) is 0 Å². The molecule has 1 amide bonds. The van der Waals surface area contributed by atoms with Crippen molar-refractivity contribution < 1.29 is 9.53 Å². The highest BCUT2D eigenvalue weighted by Crippen LogP contribution is 2.19. The summed E-state index contributed by atoms with van der Waals surface area (Å²) in [5, 5.41) is 6.85. The molecular formula is C14H21N3O2S. The number of carbonyl (C=O) groups is 1. The number of amides is 1. The SMILES string of the molecule is COc1ncccc1CNC(=O)CSC1CCNCC1. The van der Waals surface area contributed by atoms with Crippen molar-refractivity contribution in [3.05, 3.63) is 23.9 Å². The summed E-state index contributed by atoms with van der Waals surface area (Å²) in [6.07, 6.45) is 3.97. The highest BCUT2D eigenvalue weighted by Gasteiger charge is 2.15. The summed E-state index contributed by atoms with van der Waals surface area (Å²) >= 11 is 1.75. The minimum absolute atomic E-state index is 0.0689. The molecule has 110 valence electrons. The molecule has 5 nitrogen and oxygen atoms in total. The fraction of sp³-hybridized carbons (Fsp3) is 0.571. The molecule has 0 unspecified atom stereocenters. The van der Waals surface area contributed by atoms with E-state index in [4.69, 9.17) is 4.74 Å². The number of nitrogens with one attached hydrogen (secondary N) is 2. The first-order valence-corrected chi connectivity index (χ1v) is 7.91. The minimum Gasteiger partial charge on any atom is -0.481 e. The van der Waals surface area contributed by atoms with Crippen molar-refractivity contribution in [2.75, 3.05) is 26.0 Å². The van der Waals surface area contributed by atoms with Crippen molar-refractivity contribution in [1.82, 2.24) is 15.6 Å². The summed E-state index contributed by atoms with van der Waals surface area (Å²) in [6, 6.07) is 3.75. The van der Waals surface area contributed by atoms with Crippen LogP contribution < -0.4 is 15.4 Å². The van der Waals surface area contributed by atoms with E-state index < -0.39 is 0 Å². The van der Waals surface area contributed by atoms with E-state index in [1.54, 1.807) is 25.1 Å². The molecule has 0 radical (unpaired) electrons.